The van der Waals surface area contributed by atoms with E-state index in [9.17, 15) is 23.6 Å². The Hall–Kier alpha value is -3.78. The first-order valence-electron chi connectivity index (χ1n) is 13.4. The molecule has 6 rings (SSSR count). The van der Waals surface area contributed by atoms with Gasteiger partial charge in [0.25, 0.3) is 11.1 Å². The van der Waals surface area contributed by atoms with E-state index in [1.807, 2.05) is 22.6 Å². The van der Waals surface area contributed by atoms with Crippen molar-refractivity contribution in [2.24, 2.45) is 7.05 Å². The average molecular weight is 670 g/mol. The highest BCUT2D eigenvalue weighted by Crippen LogP contribution is 2.34. The van der Waals surface area contributed by atoms with Gasteiger partial charge in [0.15, 0.2) is 0 Å². The van der Waals surface area contributed by atoms with Crippen LogP contribution < -0.4 is 32.8 Å². The Kier molecular flexibility index (Phi) is 7.06. The third-order valence-corrected chi connectivity index (χ3v) is 8.36. The second-order valence-corrected chi connectivity index (χ2v) is 11.8. The smallest absolute Gasteiger partial charge is 0.336 e. The maximum atomic E-state index is 14.9. The molecular formula is C29H28FIN6O4. The summed E-state index contributed by atoms with van der Waals surface area (Å²) in [5, 5.41) is 9.13. The molecule has 10 nitrogen and oxygen atoms in total. The van der Waals surface area contributed by atoms with E-state index in [4.69, 9.17) is 0 Å². The minimum Gasteiger partial charge on any atom is -0.338 e. The quantitative estimate of drug-likeness (QED) is 0.270. The number of amides is 1. The second kappa shape index (κ2) is 10.6. The van der Waals surface area contributed by atoms with Crippen LogP contribution in [0.3, 0.4) is 0 Å². The Bertz CT molecular complexity index is 1900. The highest BCUT2D eigenvalue weighted by molar-refractivity contribution is 14.1. The van der Waals surface area contributed by atoms with E-state index in [1.165, 1.54) is 32.9 Å². The van der Waals surface area contributed by atoms with Crippen molar-refractivity contribution < 1.29 is 9.18 Å². The zero-order valence-electron chi connectivity index (χ0n) is 22.5. The fourth-order valence-corrected chi connectivity index (χ4v) is 5.89. The SMILES string of the molecule is Cc1c(=O)n(C)c(Nc2ccc(I)cc2F)c2c(=O)n(C3CC3)c(=O)n(-c3cccc(NC(=O)[C@@H]4CCCN4)c3)c12. The topological polar surface area (TPSA) is 119 Å². The number of carbonyl (C=O) groups is 1. The molecule has 1 aliphatic heterocycles. The van der Waals surface area contributed by atoms with Crippen LogP contribution in [0, 0.1) is 16.3 Å². The van der Waals surface area contributed by atoms with E-state index < -0.39 is 22.6 Å². The Morgan fingerprint density at radius 2 is 1.85 bits per heavy atom. The van der Waals surface area contributed by atoms with E-state index in [2.05, 4.69) is 16.0 Å². The predicted octanol–water partition coefficient (Wildman–Crippen LogP) is 3.67. The van der Waals surface area contributed by atoms with Crippen molar-refractivity contribution in [1.82, 2.24) is 19.0 Å². The molecule has 2 aromatic carbocycles. The fraction of sp³-hybridized carbons (Fsp3) is 0.310. The summed E-state index contributed by atoms with van der Waals surface area (Å²) in [6.45, 7) is 2.34. The molecule has 1 aliphatic carbocycles. The number of carbonyl (C=O) groups excluding carboxylic acids is 1. The second-order valence-electron chi connectivity index (χ2n) is 10.5. The normalized spacial score (nSPS) is 16.7. The molecule has 3 heterocycles. The zero-order valence-corrected chi connectivity index (χ0v) is 24.6. The van der Waals surface area contributed by atoms with Crippen LogP contribution in [0.4, 0.5) is 21.6 Å². The highest BCUT2D eigenvalue weighted by Gasteiger charge is 2.32. The molecule has 2 aromatic heterocycles. The number of hydrogen-bond donors (Lipinski definition) is 3. The number of pyridine rings is 1. The van der Waals surface area contributed by atoms with Gasteiger partial charge in [0.1, 0.15) is 17.0 Å². The monoisotopic (exact) mass is 670 g/mol. The summed E-state index contributed by atoms with van der Waals surface area (Å²) in [4.78, 5) is 54.2. The van der Waals surface area contributed by atoms with Crippen LogP contribution in [-0.2, 0) is 11.8 Å². The lowest BCUT2D eigenvalue weighted by molar-refractivity contribution is -0.117. The summed E-state index contributed by atoms with van der Waals surface area (Å²) >= 11 is 2.00. The number of rotatable bonds is 6. The van der Waals surface area contributed by atoms with E-state index >= 15 is 0 Å². The average Bonchev–Trinajstić information content (AvgIpc) is 3.61. The molecule has 212 valence electrons. The summed E-state index contributed by atoms with van der Waals surface area (Å²) in [7, 11) is 1.51. The molecule has 0 radical (unpaired) electrons. The molecule has 2 aliphatic rings. The summed E-state index contributed by atoms with van der Waals surface area (Å²) in [5.74, 6) is -0.634. The van der Waals surface area contributed by atoms with Gasteiger partial charge in [0.05, 0.1) is 22.9 Å². The maximum Gasteiger partial charge on any atom is 0.336 e. The lowest BCUT2D eigenvalue weighted by Gasteiger charge is -2.21. The number of fused-ring (bicyclic) bond motifs is 1. The van der Waals surface area contributed by atoms with Crippen molar-refractivity contribution in [3.8, 4) is 5.69 Å². The maximum absolute atomic E-state index is 14.9. The molecule has 0 spiro atoms. The van der Waals surface area contributed by atoms with Gasteiger partial charge in [-0.3, -0.25) is 28.1 Å². The number of aryl methyl sites for hydroxylation is 1. The minimum atomic E-state index is -0.575. The largest absolute Gasteiger partial charge is 0.338 e. The molecule has 4 aromatic rings. The van der Waals surface area contributed by atoms with Crippen LogP contribution in [0.25, 0.3) is 16.6 Å². The number of nitrogens with zero attached hydrogens (tertiary/aromatic N) is 3. The Morgan fingerprint density at radius 3 is 2.54 bits per heavy atom. The standard InChI is InChI=1S/C29H28FIN6O4/c1-15-24-23(25(35(2)27(15)39)34-21-11-8-16(31)13-20(21)30)28(40)37(18-9-10-18)29(41)36(24)19-6-3-5-17(14-19)33-26(38)22-7-4-12-32-22/h3,5-6,8,11,13-14,18,22,32,34H,4,7,9-10,12H2,1-2H3,(H,33,38)/t22-/m0/s1. The van der Waals surface area contributed by atoms with Crippen LogP contribution in [-0.4, -0.2) is 32.2 Å². The minimum absolute atomic E-state index is 0.0839. The number of aromatic nitrogens is 3. The van der Waals surface area contributed by atoms with Crippen molar-refractivity contribution in [3.63, 3.8) is 0 Å². The van der Waals surface area contributed by atoms with Crippen LogP contribution in [0.15, 0.2) is 56.8 Å². The third kappa shape index (κ3) is 4.88. The molecule has 1 atom stereocenters. The highest BCUT2D eigenvalue weighted by atomic mass is 127. The van der Waals surface area contributed by atoms with E-state index in [-0.39, 0.29) is 46.0 Å². The zero-order chi connectivity index (χ0) is 29.0. The molecule has 1 saturated carbocycles. The van der Waals surface area contributed by atoms with Gasteiger partial charge >= 0.3 is 5.69 Å². The van der Waals surface area contributed by atoms with Crippen molar-refractivity contribution in [3.05, 3.63) is 88.6 Å². The van der Waals surface area contributed by atoms with E-state index in [1.54, 1.807) is 37.3 Å². The fourth-order valence-electron chi connectivity index (χ4n) is 5.43. The van der Waals surface area contributed by atoms with Crippen LogP contribution in [0.1, 0.15) is 37.3 Å². The number of anilines is 3. The van der Waals surface area contributed by atoms with E-state index in [0.29, 0.717) is 27.8 Å². The first-order valence-corrected chi connectivity index (χ1v) is 14.5. The molecule has 2 fully saturated rings. The number of benzene rings is 2. The van der Waals surface area contributed by atoms with Gasteiger partial charge in [-0.1, -0.05) is 6.07 Å². The van der Waals surface area contributed by atoms with Gasteiger partial charge in [-0.15, -0.1) is 0 Å². The number of nitrogens with one attached hydrogen (secondary N) is 3. The van der Waals surface area contributed by atoms with Crippen molar-refractivity contribution in [2.75, 3.05) is 17.2 Å². The molecule has 1 amide bonds. The molecular weight excluding hydrogens is 642 g/mol. The molecule has 0 bridgehead atoms. The molecule has 3 N–H and O–H groups in total. The Morgan fingerprint density at radius 1 is 1.07 bits per heavy atom. The number of hydrogen-bond acceptors (Lipinski definition) is 6. The van der Waals surface area contributed by atoms with Crippen molar-refractivity contribution in [2.45, 2.75) is 44.7 Å². The van der Waals surface area contributed by atoms with Gasteiger partial charge in [-0.2, -0.15) is 0 Å². The van der Waals surface area contributed by atoms with Gasteiger partial charge in [0.2, 0.25) is 5.91 Å². The lowest BCUT2D eigenvalue weighted by atomic mass is 10.1. The summed E-state index contributed by atoms with van der Waals surface area (Å²) in [6, 6.07) is 10.8. The van der Waals surface area contributed by atoms with Gasteiger partial charge in [0, 0.05) is 27.9 Å². The molecule has 0 unspecified atom stereocenters. The summed E-state index contributed by atoms with van der Waals surface area (Å²) in [6.07, 6.45) is 3.00. The van der Waals surface area contributed by atoms with Gasteiger partial charge in [-0.05, 0) is 98.1 Å². The van der Waals surface area contributed by atoms with Crippen molar-refractivity contribution >= 4 is 56.6 Å². The number of halogens is 2. The van der Waals surface area contributed by atoms with Crippen LogP contribution in [0.2, 0.25) is 0 Å². The first kappa shape index (κ1) is 27.4. The Labute approximate surface area is 247 Å². The van der Waals surface area contributed by atoms with Crippen LogP contribution in [0.5, 0.6) is 0 Å². The molecule has 41 heavy (non-hydrogen) atoms. The van der Waals surface area contributed by atoms with Gasteiger partial charge in [-0.25, -0.2) is 9.18 Å². The molecule has 12 heteroatoms. The molecule has 1 saturated heterocycles. The van der Waals surface area contributed by atoms with Crippen LogP contribution >= 0.6 is 22.6 Å². The first-order chi connectivity index (χ1) is 19.7. The summed E-state index contributed by atoms with van der Waals surface area (Å²) in [5.41, 5.74) is -0.292. The lowest BCUT2D eigenvalue weighted by Crippen LogP contribution is -2.41. The van der Waals surface area contributed by atoms with Gasteiger partial charge < -0.3 is 16.0 Å². The van der Waals surface area contributed by atoms with E-state index in [0.717, 1.165) is 19.4 Å². The summed E-state index contributed by atoms with van der Waals surface area (Å²) < 4.78 is 19.4. The predicted molar refractivity (Wildman–Crippen MR) is 164 cm³/mol. The van der Waals surface area contributed by atoms with Crippen molar-refractivity contribution in [1.29, 1.82) is 0 Å². The Balaban J connectivity index is 1.60. The third-order valence-electron chi connectivity index (χ3n) is 7.69.